The van der Waals surface area contributed by atoms with E-state index < -0.39 is 12.0 Å². The van der Waals surface area contributed by atoms with E-state index in [1.54, 1.807) is 25.1 Å². The predicted molar refractivity (Wildman–Crippen MR) is 71.6 cm³/mol. The first kappa shape index (κ1) is 16.1. The van der Waals surface area contributed by atoms with Crippen LogP contribution in [0.15, 0.2) is 24.3 Å². The van der Waals surface area contributed by atoms with Gasteiger partial charge in [0.2, 0.25) is 0 Å². The van der Waals surface area contributed by atoms with Crippen LogP contribution in [0.2, 0.25) is 0 Å². The van der Waals surface area contributed by atoms with Gasteiger partial charge >= 0.3 is 6.09 Å². The highest BCUT2D eigenvalue weighted by Crippen LogP contribution is 2.03. The van der Waals surface area contributed by atoms with Crippen LogP contribution in [0.4, 0.5) is 9.18 Å². The Labute approximate surface area is 117 Å². The molecule has 0 bridgehead atoms. The lowest BCUT2D eigenvalue weighted by molar-refractivity contribution is -0.904. The number of hydrogen-bond donors (Lipinski definition) is 2. The standard InChI is InChI=1S/C14H19FN2O3/c1-3-17(9-11-7-5-6-8-12(11)15)10-13(18)16-14(19)20-4-2/h5-8H,3-4,9-10H2,1-2H3,(H,16,18,19)/p+1. The van der Waals surface area contributed by atoms with Crippen molar-refractivity contribution in [1.29, 1.82) is 0 Å². The summed E-state index contributed by atoms with van der Waals surface area (Å²) in [6.07, 6.45) is -0.751. The molecule has 0 aliphatic rings. The van der Waals surface area contributed by atoms with Gasteiger partial charge in [-0.25, -0.2) is 9.18 Å². The number of hydrogen-bond acceptors (Lipinski definition) is 3. The number of carbonyl (C=O) groups excluding carboxylic acids is 2. The van der Waals surface area contributed by atoms with E-state index in [9.17, 15) is 14.0 Å². The number of nitrogens with one attached hydrogen (secondary N) is 2. The molecule has 2 amide bonds. The van der Waals surface area contributed by atoms with Gasteiger partial charge < -0.3 is 9.64 Å². The maximum absolute atomic E-state index is 13.5. The van der Waals surface area contributed by atoms with Crippen LogP contribution in [0.25, 0.3) is 0 Å². The molecule has 0 aliphatic heterocycles. The Bertz CT molecular complexity index is 465. The van der Waals surface area contributed by atoms with Gasteiger partial charge in [0.1, 0.15) is 12.4 Å². The van der Waals surface area contributed by atoms with Crippen LogP contribution >= 0.6 is 0 Å². The Morgan fingerprint density at radius 3 is 2.60 bits per heavy atom. The highest BCUT2D eigenvalue weighted by atomic mass is 19.1. The number of halogens is 1. The molecule has 0 aromatic heterocycles. The molecule has 20 heavy (non-hydrogen) atoms. The summed E-state index contributed by atoms with van der Waals surface area (Å²) in [5.74, 6) is -0.721. The summed E-state index contributed by atoms with van der Waals surface area (Å²) in [5.41, 5.74) is 0.549. The van der Waals surface area contributed by atoms with Gasteiger partial charge in [0.25, 0.3) is 5.91 Å². The zero-order chi connectivity index (χ0) is 15.0. The van der Waals surface area contributed by atoms with E-state index in [1.165, 1.54) is 6.07 Å². The SMILES string of the molecule is CCOC(=O)NC(=O)C[NH+](CC)Cc1ccccc1F. The minimum Gasteiger partial charge on any atom is -0.450 e. The van der Waals surface area contributed by atoms with Gasteiger partial charge in [0.15, 0.2) is 6.54 Å². The molecular weight excluding hydrogens is 263 g/mol. The van der Waals surface area contributed by atoms with Crippen LogP contribution in [0.3, 0.4) is 0 Å². The minimum absolute atomic E-state index is 0.0870. The Balaban J connectivity index is 2.53. The normalized spacial score (nSPS) is 11.8. The first-order valence-electron chi connectivity index (χ1n) is 6.60. The van der Waals surface area contributed by atoms with E-state index in [0.717, 1.165) is 4.90 Å². The van der Waals surface area contributed by atoms with Crippen LogP contribution in [-0.4, -0.2) is 31.7 Å². The summed E-state index contributed by atoms with van der Waals surface area (Å²) in [5, 5.41) is 2.13. The number of carbonyl (C=O) groups is 2. The van der Waals surface area contributed by atoms with E-state index in [1.807, 2.05) is 6.92 Å². The molecule has 2 N–H and O–H groups in total. The van der Waals surface area contributed by atoms with E-state index in [4.69, 9.17) is 0 Å². The number of alkyl carbamates (subject to hydrolysis) is 1. The second kappa shape index (κ2) is 8.27. The average molecular weight is 283 g/mol. The first-order valence-corrected chi connectivity index (χ1v) is 6.60. The fourth-order valence-corrected chi connectivity index (χ4v) is 1.78. The number of benzene rings is 1. The van der Waals surface area contributed by atoms with Crippen molar-refractivity contribution in [3.05, 3.63) is 35.6 Å². The molecule has 1 aromatic carbocycles. The van der Waals surface area contributed by atoms with Gasteiger partial charge in [-0.3, -0.25) is 10.1 Å². The molecular formula is C14H20FN2O3+. The summed E-state index contributed by atoms with van der Waals surface area (Å²) in [6.45, 7) is 4.88. The molecule has 0 heterocycles. The van der Waals surface area contributed by atoms with Crippen molar-refractivity contribution < 1.29 is 23.6 Å². The summed E-state index contributed by atoms with van der Waals surface area (Å²) in [6, 6.07) is 6.46. The molecule has 0 spiro atoms. The number of ether oxygens (including phenoxy) is 1. The molecule has 1 rings (SSSR count). The molecule has 0 saturated carbocycles. The molecule has 1 unspecified atom stereocenters. The van der Waals surface area contributed by atoms with Crippen molar-refractivity contribution in [3.8, 4) is 0 Å². The smallest absolute Gasteiger partial charge is 0.414 e. The van der Waals surface area contributed by atoms with E-state index in [2.05, 4.69) is 10.1 Å². The summed E-state index contributed by atoms with van der Waals surface area (Å²) in [7, 11) is 0. The fraction of sp³-hybridized carbons (Fsp3) is 0.429. The largest absolute Gasteiger partial charge is 0.450 e. The molecule has 0 aliphatic carbocycles. The lowest BCUT2D eigenvalue weighted by atomic mass is 10.2. The number of imide groups is 1. The monoisotopic (exact) mass is 283 g/mol. The van der Waals surface area contributed by atoms with Crippen molar-refractivity contribution in [2.45, 2.75) is 20.4 Å². The third-order valence-corrected chi connectivity index (χ3v) is 2.83. The maximum Gasteiger partial charge on any atom is 0.414 e. The fourth-order valence-electron chi connectivity index (χ4n) is 1.78. The zero-order valence-electron chi connectivity index (χ0n) is 11.7. The lowest BCUT2D eigenvalue weighted by Gasteiger charge is -2.17. The highest BCUT2D eigenvalue weighted by Gasteiger charge is 2.17. The van der Waals surface area contributed by atoms with Crippen LogP contribution < -0.4 is 10.2 Å². The van der Waals surface area contributed by atoms with Crippen molar-refractivity contribution in [3.63, 3.8) is 0 Å². The zero-order valence-corrected chi connectivity index (χ0v) is 11.7. The number of likely N-dealkylation sites (N-methyl/N-ethyl adjacent to an activating group) is 1. The van der Waals surface area contributed by atoms with E-state index in [0.29, 0.717) is 18.7 Å². The molecule has 0 fully saturated rings. The van der Waals surface area contributed by atoms with E-state index >= 15 is 0 Å². The van der Waals surface area contributed by atoms with E-state index in [-0.39, 0.29) is 19.0 Å². The van der Waals surface area contributed by atoms with Crippen LogP contribution in [0.1, 0.15) is 19.4 Å². The molecule has 0 saturated heterocycles. The number of amides is 2. The van der Waals surface area contributed by atoms with Crippen LogP contribution in [0.5, 0.6) is 0 Å². The Kier molecular flexibility index (Phi) is 6.66. The summed E-state index contributed by atoms with van der Waals surface area (Å²) in [4.78, 5) is 23.6. The lowest BCUT2D eigenvalue weighted by Crippen LogP contribution is -3.11. The summed E-state index contributed by atoms with van der Waals surface area (Å²) < 4.78 is 18.2. The number of quaternary nitrogens is 1. The van der Waals surface area contributed by atoms with Crippen LogP contribution in [-0.2, 0) is 16.1 Å². The van der Waals surface area contributed by atoms with Gasteiger partial charge in [0.05, 0.1) is 13.2 Å². The third kappa shape index (κ3) is 5.36. The second-order valence-corrected chi connectivity index (χ2v) is 4.32. The molecule has 5 nitrogen and oxygen atoms in total. The molecule has 110 valence electrons. The minimum atomic E-state index is -0.751. The molecule has 0 radical (unpaired) electrons. The predicted octanol–water partition coefficient (Wildman–Crippen LogP) is 0.503. The van der Waals surface area contributed by atoms with Crippen LogP contribution in [0, 0.1) is 5.82 Å². The number of rotatable bonds is 6. The Morgan fingerprint density at radius 2 is 2.00 bits per heavy atom. The van der Waals surface area contributed by atoms with Crippen molar-refractivity contribution >= 4 is 12.0 Å². The first-order chi connectivity index (χ1) is 9.56. The van der Waals surface area contributed by atoms with Crippen molar-refractivity contribution in [2.75, 3.05) is 19.7 Å². The Morgan fingerprint density at radius 1 is 1.30 bits per heavy atom. The molecule has 1 atom stereocenters. The average Bonchev–Trinajstić information content (AvgIpc) is 2.40. The second-order valence-electron chi connectivity index (χ2n) is 4.32. The van der Waals surface area contributed by atoms with Gasteiger partial charge in [0, 0.05) is 5.56 Å². The molecule has 1 aromatic rings. The topological polar surface area (TPSA) is 59.8 Å². The van der Waals surface area contributed by atoms with Gasteiger partial charge in [-0.2, -0.15) is 0 Å². The maximum atomic E-state index is 13.5. The highest BCUT2D eigenvalue weighted by molar-refractivity contribution is 5.92. The quantitative estimate of drug-likeness (QED) is 0.799. The van der Waals surface area contributed by atoms with Crippen molar-refractivity contribution in [2.24, 2.45) is 0 Å². The Hall–Kier alpha value is -1.95. The van der Waals surface area contributed by atoms with Crippen molar-refractivity contribution in [1.82, 2.24) is 5.32 Å². The third-order valence-electron chi connectivity index (χ3n) is 2.83. The van der Waals surface area contributed by atoms with Gasteiger partial charge in [-0.1, -0.05) is 18.2 Å². The van der Waals surface area contributed by atoms with Gasteiger partial charge in [-0.15, -0.1) is 0 Å². The molecule has 6 heteroatoms. The van der Waals surface area contributed by atoms with Gasteiger partial charge in [-0.05, 0) is 19.9 Å². The summed E-state index contributed by atoms with van der Waals surface area (Å²) >= 11 is 0.